The molecule has 0 aromatic carbocycles. The standard InChI is InChI=1S/C9H18S/c1-7(2)9-6-4-5-8(3)10-9/h7-9H,4-6H2,1-3H3/t8-,9?/m0/s1. The van der Waals surface area contributed by atoms with Crippen molar-refractivity contribution >= 4 is 11.8 Å². The third-order valence-corrected chi connectivity index (χ3v) is 4.08. The van der Waals surface area contributed by atoms with Gasteiger partial charge in [-0.1, -0.05) is 27.2 Å². The van der Waals surface area contributed by atoms with Crippen molar-refractivity contribution < 1.29 is 0 Å². The van der Waals surface area contributed by atoms with Gasteiger partial charge in [-0.2, -0.15) is 11.8 Å². The van der Waals surface area contributed by atoms with E-state index in [1.807, 2.05) is 0 Å². The molecular weight excluding hydrogens is 140 g/mol. The summed E-state index contributed by atoms with van der Waals surface area (Å²) in [6.07, 6.45) is 4.34. The van der Waals surface area contributed by atoms with Gasteiger partial charge in [-0.05, 0) is 18.8 Å². The third-order valence-electron chi connectivity index (χ3n) is 2.25. The molecule has 60 valence electrons. The molecule has 1 heteroatoms. The summed E-state index contributed by atoms with van der Waals surface area (Å²) < 4.78 is 0. The van der Waals surface area contributed by atoms with E-state index in [0.717, 1.165) is 16.4 Å². The lowest BCUT2D eigenvalue weighted by Gasteiger charge is -2.28. The van der Waals surface area contributed by atoms with E-state index in [-0.39, 0.29) is 0 Å². The molecule has 0 amide bonds. The number of rotatable bonds is 1. The zero-order chi connectivity index (χ0) is 7.56. The fraction of sp³-hybridized carbons (Fsp3) is 1.00. The normalized spacial score (nSPS) is 34.8. The molecular formula is C9H18S. The van der Waals surface area contributed by atoms with Crippen molar-refractivity contribution in [2.24, 2.45) is 5.92 Å². The molecule has 0 bridgehead atoms. The fourth-order valence-corrected chi connectivity index (χ4v) is 3.05. The highest BCUT2D eigenvalue weighted by Gasteiger charge is 2.21. The second-order valence-electron chi connectivity index (χ2n) is 3.66. The molecule has 1 rings (SSSR count). The van der Waals surface area contributed by atoms with E-state index in [0.29, 0.717) is 0 Å². The largest absolute Gasteiger partial charge is 0.155 e. The highest BCUT2D eigenvalue weighted by Crippen LogP contribution is 2.35. The topological polar surface area (TPSA) is 0 Å². The van der Waals surface area contributed by atoms with Crippen molar-refractivity contribution in [1.82, 2.24) is 0 Å². The van der Waals surface area contributed by atoms with Gasteiger partial charge in [-0.15, -0.1) is 0 Å². The minimum absolute atomic E-state index is 0.882. The Morgan fingerprint density at radius 3 is 2.40 bits per heavy atom. The zero-order valence-electron chi connectivity index (χ0n) is 7.26. The number of thioether (sulfide) groups is 1. The van der Waals surface area contributed by atoms with Crippen LogP contribution in [-0.4, -0.2) is 10.5 Å². The minimum Gasteiger partial charge on any atom is -0.155 e. The third kappa shape index (κ3) is 2.19. The number of hydrogen-bond donors (Lipinski definition) is 0. The zero-order valence-corrected chi connectivity index (χ0v) is 8.08. The first-order valence-corrected chi connectivity index (χ1v) is 5.30. The van der Waals surface area contributed by atoms with Crippen molar-refractivity contribution in [3.63, 3.8) is 0 Å². The molecule has 0 nitrogen and oxygen atoms in total. The van der Waals surface area contributed by atoms with E-state index >= 15 is 0 Å². The van der Waals surface area contributed by atoms with E-state index in [2.05, 4.69) is 32.5 Å². The average molecular weight is 158 g/mol. The highest BCUT2D eigenvalue weighted by molar-refractivity contribution is 8.00. The molecule has 0 N–H and O–H groups in total. The lowest BCUT2D eigenvalue weighted by molar-refractivity contribution is 0.520. The molecule has 1 aliphatic heterocycles. The Bertz CT molecular complexity index is 98.9. The quantitative estimate of drug-likeness (QED) is 0.564. The highest BCUT2D eigenvalue weighted by atomic mass is 32.2. The number of hydrogen-bond acceptors (Lipinski definition) is 1. The van der Waals surface area contributed by atoms with Gasteiger partial charge >= 0.3 is 0 Å². The summed E-state index contributed by atoms with van der Waals surface area (Å²) in [5, 5.41) is 1.87. The van der Waals surface area contributed by atoms with Crippen LogP contribution >= 0.6 is 11.8 Å². The van der Waals surface area contributed by atoms with Crippen LogP contribution in [0.15, 0.2) is 0 Å². The van der Waals surface area contributed by atoms with Gasteiger partial charge in [0.15, 0.2) is 0 Å². The van der Waals surface area contributed by atoms with Gasteiger partial charge in [-0.3, -0.25) is 0 Å². The molecule has 0 aliphatic carbocycles. The summed E-state index contributed by atoms with van der Waals surface area (Å²) >= 11 is 2.19. The molecule has 10 heavy (non-hydrogen) atoms. The molecule has 2 atom stereocenters. The predicted octanol–water partition coefficient (Wildman–Crippen LogP) is 3.32. The Labute approximate surface area is 68.8 Å². The Kier molecular flexibility index (Phi) is 3.09. The second-order valence-corrected chi connectivity index (χ2v) is 5.34. The average Bonchev–Trinajstić information content (AvgIpc) is 1.88. The van der Waals surface area contributed by atoms with Crippen molar-refractivity contribution in [2.75, 3.05) is 0 Å². The van der Waals surface area contributed by atoms with Crippen molar-refractivity contribution in [3.05, 3.63) is 0 Å². The predicted molar refractivity (Wildman–Crippen MR) is 49.5 cm³/mol. The first kappa shape index (κ1) is 8.45. The van der Waals surface area contributed by atoms with Crippen LogP contribution in [0.4, 0.5) is 0 Å². The lowest BCUT2D eigenvalue weighted by Crippen LogP contribution is -2.19. The molecule has 1 unspecified atom stereocenters. The Morgan fingerprint density at radius 1 is 1.30 bits per heavy atom. The van der Waals surface area contributed by atoms with Crippen LogP contribution in [0.5, 0.6) is 0 Å². The van der Waals surface area contributed by atoms with Gasteiger partial charge in [0.2, 0.25) is 0 Å². The van der Waals surface area contributed by atoms with E-state index in [9.17, 15) is 0 Å². The smallest absolute Gasteiger partial charge is 0.00727 e. The summed E-state index contributed by atoms with van der Waals surface area (Å²) in [5.41, 5.74) is 0. The molecule has 0 saturated carbocycles. The summed E-state index contributed by atoms with van der Waals surface area (Å²) in [5.74, 6) is 0.882. The van der Waals surface area contributed by atoms with Crippen LogP contribution < -0.4 is 0 Å². The summed E-state index contributed by atoms with van der Waals surface area (Å²) in [6.45, 7) is 7.05. The molecule has 1 aliphatic rings. The molecule has 0 spiro atoms. The minimum atomic E-state index is 0.882. The van der Waals surface area contributed by atoms with Crippen LogP contribution in [0.2, 0.25) is 0 Å². The molecule has 0 aromatic rings. The maximum Gasteiger partial charge on any atom is 0.00727 e. The monoisotopic (exact) mass is 158 g/mol. The van der Waals surface area contributed by atoms with E-state index in [1.54, 1.807) is 0 Å². The van der Waals surface area contributed by atoms with Crippen molar-refractivity contribution in [1.29, 1.82) is 0 Å². The molecule has 1 saturated heterocycles. The van der Waals surface area contributed by atoms with Gasteiger partial charge in [0, 0.05) is 10.5 Å². The van der Waals surface area contributed by atoms with E-state index in [4.69, 9.17) is 0 Å². The van der Waals surface area contributed by atoms with Crippen molar-refractivity contribution in [2.45, 2.75) is 50.5 Å². The SMILES string of the molecule is CC(C)C1CCC[C@H](C)S1. The van der Waals surface area contributed by atoms with E-state index in [1.165, 1.54) is 19.3 Å². The summed E-state index contributed by atoms with van der Waals surface area (Å²) in [4.78, 5) is 0. The van der Waals surface area contributed by atoms with Gasteiger partial charge < -0.3 is 0 Å². The van der Waals surface area contributed by atoms with Gasteiger partial charge in [0.1, 0.15) is 0 Å². The Hall–Kier alpha value is 0.350. The Balaban J connectivity index is 2.32. The Morgan fingerprint density at radius 2 is 2.00 bits per heavy atom. The second kappa shape index (κ2) is 3.66. The lowest BCUT2D eigenvalue weighted by atomic mass is 10.0. The maximum absolute atomic E-state index is 2.36. The first-order chi connectivity index (χ1) is 4.70. The molecule has 0 aromatic heterocycles. The van der Waals surface area contributed by atoms with Crippen molar-refractivity contribution in [3.8, 4) is 0 Å². The van der Waals surface area contributed by atoms with Crippen LogP contribution in [0.25, 0.3) is 0 Å². The molecule has 0 radical (unpaired) electrons. The molecule has 1 fully saturated rings. The van der Waals surface area contributed by atoms with Gasteiger partial charge in [0.05, 0.1) is 0 Å². The summed E-state index contributed by atoms with van der Waals surface area (Å²) in [7, 11) is 0. The van der Waals surface area contributed by atoms with Gasteiger partial charge in [-0.25, -0.2) is 0 Å². The maximum atomic E-state index is 2.36. The van der Waals surface area contributed by atoms with Crippen LogP contribution in [0.3, 0.4) is 0 Å². The van der Waals surface area contributed by atoms with Gasteiger partial charge in [0.25, 0.3) is 0 Å². The van der Waals surface area contributed by atoms with Crippen LogP contribution in [0.1, 0.15) is 40.0 Å². The van der Waals surface area contributed by atoms with Crippen LogP contribution in [0, 0.1) is 5.92 Å². The molecule has 1 heterocycles. The fourth-order valence-electron chi connectivity index (χ4n) is 1.53. The first-order valence-electron chi connectivity index (χ1n) is 4.35. The summed E-state index contributed by atoms with van der Waals surface area (Å²) in [6, 6.07) is 0. The van der Waals surface area contributed by atoms with Crippen LogP contribution in [-0.2, 0) is 0 Å². The van der Waals surface area contributed by atoms with E-state index < -0.39 is 0 Å².